The van der Waals surface area contributed by atoms with E-state index in [4.69, 9.17) is 5.73 Å². The number of hydrogen-bond donors (Lipinski definition) is 1. The van der Waals surface area contributed by atoms with Gasteiger partial charge in [-0.1, -0.05) is 12.8 Å². The Kier molecular flexibility index (Phi) is 3.93. The third-order valence-electron chi connectivity index (χ3n) is 4.91. The van der Waals surface area contributed by atoms with Crippen molar-refractivity contribution >= 4 is 15.7 Å². The lowest BCUT2D eigenvalue weighted by Crippen LogP contribution is -2.59. The Morgan fingerprint density at radius 3 is 2.45 bits per heavy atom. The Hall–Kier alpha value is -0.620. The van der Waals surface area contributed by atoms with Crippen LogP contribution in [0.4, 0.5) is 0 Å². The third kappa shape index (κ3) is 2.72. The fourth-order valence-corrected chi connectivity index (χ4v) is 4.68. The van der Waals surface area contributed by atoms with Gasteiger partial charge in [0.25, 0.3) is 0 Å². The number of rotatable bonds is 1. The zero-order chi connectivity index (χ0) is 15.2. The van der Waals surface area contributed by atoms with Crippen LogP contribution in [0, 0.1) is 5.92 Å². The van der Waals surface area contributed by atoms with Gasteiger partial charge in [-0.25, -0.2) is 8.42 Å². The normalized spacial score (nSPS) is 36.6. The van der Waals surface area contributed by atoms with Gasteiger partial charge in [0, 0.05) is 18.6 Å². The fraction of sp³-hybridized carbons (Fsp3) is 0.929. The van der Waals surface area contributed by atoms with E-state index in [2.05, 4.69) is 0 Å². The summed E-state index contributed by atoms with van der Waals surface area (Å²) in [4.78, 5) is 14.4. The zero-order valence-electron chi connectivity index (χ0n) is 12.7. The van der Waals surface area contributed by atoms with Crippen LogP contribution in [-0.4, -0.2) is 48.4 Å². The Balaban J connectivity index is 2.15. The zero-order valence-corrected chi connectivity index (χ0v) is 13.5. The lowest BCUT2D eigenvalue weighted by molar-refractivity contribution is -0.139. The van der Waals surface area contributed by atoms with Crippen LogP contribution >= 0.6 is 0 Å². The molecule has 2 N–H and O–H groups in total. The Bertz CT molecular complexity index is 497. The number of nitrogens with zero attached hydrogens (tertiary/aromatic N) is 1. The highest BCUT2D eigenvalue weighted by Crippen LogP contribution is 2.34. The first-order valence-corrected chi connectivity index (χ1v) is 9.02. The van der Waals surface area contributed by atoms with Gasteiger partial charge >= 0.3 is 0 Å². The molecule has 2 fully saturated rings. The molecule has 2 atom stereocenters. The van der Waals surface area contributed by atoms with Crippen LogP contribution in [0.25, 0.3) is 0 Å². The summed E-state index contributed by atoms with van der Waals surface area (Å²) < 4.78 is 23.2. The first kappa shape index (κ1) is 15.8. The van der Waals surface area contributed by atoms with Crippen molar-refractivity contribution < 1.29 is 13.2 Å². The maximum Gasteiger partial charge on any atom is 0.227 e. The summed E-state index contributed by atoms with van der Waals surface area (Å²) >= 11 is 0. The average molecular weight is 302 g/mol. The van der Waals surface area contributed by atoms with Gasteiger partial charge in [0.15, 0.2) is 9.84 Å². The van der Waals surface area contributed by atoms with Gasteiger partial charge in [0.2, 0.25) is 5.91 Å². The van der Waals surface area contributed by atoms with Crippen LogP contribution in [0.5, 0.6) is 0 Å². The second kappa shape index (κ2) is 4.98. The largest absolute Gasteiger partial charge is 0.340 e. The van der Waals surface area contributed by atoms with Gasteiger partial charge in [0.05, 0.1) is 16.4 Å². The van der Waals surface area contributed by atoms with E-state index >= 15 is 0 Å². The van der Waals surface area contributed by atoms with Crippen molar-refractivity contribution in [2.45, 2.75) is 56.7 Å². The van der Waals surface area contributed by atoms with E-state index in [1.807, 2.05) is 6.92 Å². The number of carbonyl (C=O) groups excluding carboxylic acids is 1. The minimum Gasteiger partial charge on any atom is -0.340 e. The minimum atomic E-state index is -3.11. The van der Waals surface area contributed by atoms with E-state index < -0.39 is 20.1 Å². The molecule has 0 spiro atoms. The molecular formula is C14H26N2O3S. The number of hydrogen-bond acceptors (Lipinski definition) is 4. The van der Waals surface area contributed by atoms with Crippen LogP contribution in [0.1, 0.15) is 46.5 Å². The topological polar surface area (TPSA) is 80.5 Å². The molecule has 0 radical (unpaired) electrons. The molecule has 1 saturated heterocycles. The van der Waals surface area contributed by atoms with Crippen molar-refractivity contribution in [1.82, 2.24) is 4.90 Å². The summed E-state index contributed by atoms with van der Waals surface area (Å²) in [5, 5.41) is 0. The van der Waals surface area contributed by atoms with Crippen LogP contribution in [0.15, 0.2) is 0 Å². The summed E-state index contributed by atoms with van der Waals surface area (Å²) in [6.07, 6.45) is 3.77. The molecule has 0 aromatic heterocycles. The van der Waals surface area contributed by atoms with E-state index in [0.717, 1.165) is 25.7 Å². The van der Waals surface area contributed by atoms with Gasteiger partial charge in [-0.2, -0.15) is 0 Å². The van der Waals surface area contributed by atoms with Gasteiger partial charge in [-0.15, -0.1) is 0 Å². The highest BCUT2D eigenvalue weighted by Gasteiger charge is 2.45. The molecule has 1 heterocycles. The summed E-state index contributed by atoms with van der Waals surface area (Å²) in [5.41, 5.74) is 5.82. The molecule has 116 valence electrons. The average Bonchev–Trinajstić information content (AvgIpc) is 2.31. The second-order valence-electron chi connectivity index (χ2n) is 7.14. The molecule has 2 aliphatic rings. The predicted molar refractivity (Wildman–Crippen MR) is 79.0 cm³/mol. The first-order chi connectivity index (χ1) is 9.07. The maximum atomic E-state index is 12.7. The molecule has 1 aliphatic heterocycles. The number of carbonyl (C=O) groups is 1. The fourth-order valence-electron chi connectivity index (χ4n) is 3.32. The highest BCUT2D eigenvalue weighted by molar-refractivity contribution is 7.92. The molecule has 20 heavy (non-hydrogen) atoms. The SMILES string of the molecule is CC1(N)CCCCC1C(=O)N1CCS(=O)(=O)C(C)(C)C1. The minimum absolute atomic E-state index is 0.0395. The van der Waals surface area contributed by atoms with Crippen molar-refractivity contribution in [1.29, 1.82) is 0 Å². The lowest BCUT2D eigenvalue weighted by atomic mass is 9.74. The molecular weight excluding hydrogens is 276 g/mol. The van der Waals surface area contributed by atoms with E-state index in [1.165, 1.54) is 0 Å². The Morgan fingerprint density at radius 2 is 1.90 bits per heavy atom. The number of nitrogens with two attached hydrogens (primary N) is 1. The van der Waals surface area contributed by atoms with Crippen molar-refractivity contribution in [3.8, 4) is 0 Å². The van der Waals surface area contributed by atoms with Gasteiger partial charge in [0.1, 0.15) is 0 Å². The summed E-state index contributed by atoms with van der Waals surface area (Å²) in [6, 6.07) is 0. The first-order valence-electron chi connectivity index (χ1n) is 7.37. The van der Waals surface area contributed by atoms with Crippen molar-refractivity contribution in [2.75, 3.05) is 18.8 Å². The van der Waals surface area contributed by atoms with Crippen molar-refractivity contribution in [3.63, 3.8) is 0 Å². The number of amides is 1. The Morgan fingerprint density at radius 1 is 1.25 bits per heavy atom. The maximum absolute atomic E-state index is 12.7. The molecule has 2 unspecified atom stereocenters. The molecule has 0 bridgehead atoms. The lowest BCUT2D eigenvalue weighted by Gasteiger charge is -2.43. The highest BCUT2D eigenvalue weighted by atomic mass is 32.2. The van der Waals surface area contributed by atoms with Crippen LogP contribution in [0.3, 0.4) is 0 Å². The third-order valence-corrected chi connectivity index (χ3v) is 7.44. The van der Waals surface area contributed by atoms with Gasteiger partial charge < -0.3 is 10.6 Å². The summed E-state index contributed by atoms with van der Waals surface area (Å²) in [7, 11) is -3.11. The smallest absolute Gasteiger partial charge is 0.227 e. The molecule has 1 saturated carbocycles. The molecule has 2 rings (SSSR count). The Labute approximate surface area is 121 Å². The molecule has 0 aromatic carbocycles. The predicted octanol–water partition coefficient (Wildman–Crippen LogP) is 0.930. The van der Waals surface area contributed by atoms with Crippen LogP contribution in [-0.2, 0) is 14.6 Å². The van der Waals surface area contributed by atoms with E-state index in [1.54, 1.807) is 18.7 Å². The van der Waals surface area contributed by atoms with Crippen molar-refractivity contribution in [2.24, 2.45) is 11.7 Å². The molecule has 1 aliphatic carbocycles. The van der Waals surface area contributed by atoms with E-state index in [9.17, 15) is 13.2 Å². The second-order valence-corrected chi connectivity index (χ2v) is 9.89. The number of sulfone groups is 1. The van der Waals surface area contributed by atoms with Gasteiger partial charge in [-0.05, 0) is 33.6 Å². The van der Waals surface area contributed by atoms with Crippen molar-refractivity contribution in [3.05, 3.63) is 0 Å². The summed E-state index contributed by atoms with van der Waals surface area (Å²) in [6.45, 7) is 5.92. The van der Waals surface area contributed by atoms with Crippen LogP contribution < -0.4 is 5.73 Å². The quantitative estimate of drug-likeness (QED) is 0.781. The monoisotopic (exact) mass is 302 g/mol. The van der Waals surface area contributed by atoms with Crippen LogP contribution in [0.2, 0.25) is 0 Å². The molecule has 1 amide bonds. The summed E-state index contributed by atoms with van der Waals surface area (Å²) in [5.74, 6) is -0.0785. The molecule has 6 heteroatoms. The standard InChI is InChI=1S/C14H26N2O3S/c1-13(2)10-16(8-9-20(13,18)19)12(17)11-6-4-5-7-14(11,3)15/h11H,4-10,15H2,1-3H3. The van der Waals surface area contributed by atoms with Gasteiger partial charge in [-0.3, -0.25) is 4.79 Å². The van der Waals surface area contributed by atoms with E-state index in [-0.39, 0.29) is 24.1 Å². The molecule has 0 aromatic rings. The van der Waals surface area contributed by atoms with E-state index in [0.29, 0.717) is 6.54 Å². The molecule has 5 nitrogen and oxygen atoms in total.